The van der Waals surface area contributed by atoms with Crippen LogP contribution in [0.15, 0.2) is 54.6 Å². The van der Waals surface area contributed by atoms with Gasteiger partial charge in [0, 0.05) is 48.2 Å². The van der Waals surface area contributed by atoms with Crippen LogP contribution in [0.2, 0.25) is 0 Å². The molecule has 2 aromatic heterocycles. The molecule has 8 nitrogen and oxygen atoms in total. The highest BCUT2D eigenvalue weighted by molar-refractivity contribution is 5.94. The summed E-state index contributed by atoms with van der Waals surface area (Å²) in [7, 11) is 0. The zero-order valence-electron chi connectivity index (χ0n) is 20.4. The van der Waals surface area contributed by atoms with Crippen molar-refractivity contribution in [2.75, 3.05) is 17.2 Å². The second kappa shape index (κ2) is 9.59. The van der Waals surface area contributed by atoms with Gasteiger partial charge in [-0.25, -0.2) is 4.98 Å². The van der Waals surface area contributed by atoms with Gasteiger partial charge in [-0.1, -0.05) is 36.4 Å². The lowest BCUT2D eigenvalue weighted by Gasteiger charge is -2.38. The van der Waals surface area contributed by atoms with Crippen LogP contribution in [-0.2, 0) is 0 Å². The molecule has 4 aromatic rings. The van der Waals surface area contributed by atoms with E-state index in [4.69, 9.17) is 15.2 Å². The highest BCUT2D eigenvalue weighted by Gasteiger charge is 2.40. The van der Waals surface area contributed by atoms with E-state index in [0.717, 1.165) is 58.7 Å². The van der Waals surface area contributed by atoms with Gasteiger partial charge in [-0.05, 0) is 55.9 Å². The van der Waals surface area contributed by atoms with E-state index in [9.17, 15) is 0 Å². The van der Waals surface area contributed by atoms with E-state index in [0.29, 0.717) is 30.5 Å². The fraction of sp³-hybridized carbons (Fsp3) is 0.357. The van der Waals surface area contributed by atoms with E-state index in [-0.39, 0.29) is 0 Å². The van der Waals surface area contributed by atoms with E-state index < -0.39 is 0 Å². The molecule has 8 heteroatoms. The predicted octanol–water partition coefficient (Wildman–Crippen LogP) is 5.39. The Balaban J connectivity index is 1.31. The molecule has 182 valence electrons. The maximum atomic E-state index is 9.03. The SMILES string of the molecule is Cc1cc(Nc2nc(N[C@@H]3C[C@H]4CC[C@@H](C3)N4CCC#N)nc3cc(-c4ccccc4)ccc23)n[nH]1. The minimum Gasteiger partial charge on any atom is -0.351 e. The largest absolute Gasteiger partial charge is 0.351 e. The number of aromatic nitrogens is 4. The Morgan fingerprint density at radius 2 is 1.83 bits per heavy atom. The Morgan fingerprint density at radius 1 is 1.03 bits per heavy atom. The minimum absolute atomic E-state index is 0.316. The molecule has 4 heterocycles. The second-order valence-electron chi connectivity index (χ2n) is 9.90. The van der Waals surface area contributed by atoms with E-state index in [1.54, 1.807) is 0 Å². The van der Waals surface area contributed by atoms with Crippen LogP contribution in [0.4, 0.5) is 17.6 Å². The van der Waals surface area contributed by atoms with Gasteiger partial charge < -0.3 is 10.6 Å². The van der Waals surface area contributed by atoms with Crippen molar-refractivity contribution in [3.05, 3.63) is 60.3 Å². The fourth-order valence-corrected chi connectivity index (χ4v) is 5.82. The molecular formula is C28H30N8. The van der Waals surface area contributed by atoms with Crippen LogP contribution in [0.1, 0.15) is 37.8 Å². The van der Waals surface area contributed by atoms with Gasteiger partial charge in [-0.3, -0.25) is 10.00 Å². The van der Waals surface area contributed by atoms with Gasteiger partial charge in [-0.2, -0.15) is 15.3 Å². The summed E-state index contributed by atoms with van der Waals surface area (Å²) in [5.41, 5.74) is 4.15. The molecular weight excluding hydrogens is 448 g/mol. The van der Waals surface area contributed by atoms with Gasteiger partial charge in [0.1, 0.15) is 5.82 Å². The van der Waals surface area contributed by atoms with Crippen LogP contribution in [0.25, 0.3) is 22.0 Å². The summed E-state index contributed by atoms with van der Waals surface area (Å²) in [6, 6.07) is 22.3. The number of fused-ring (bicyclic) bond motifs is 3. The minimum atomic E-state index is 0.316. The third-order valence-corrected chi connectivity index (χ3v) is 7.46. The van der Waals surface area contributed by atoms with E-state index in [2.05, 4.69) is 74.3 Å². The second-order valence-corrected chi connectivity index (χ2v) is 9.90. The molecule has 6 rings (SSSR count). The smallest absolute Gasteiger partial charge is 0.225 e. The van der Waals surface area contributed by atoms with Gasteiger partial charge >= 0.3 is 0 Å². The lowest BCUT2D eigenvalue weighted by atomic mass is 9.97. The van der Waals surface area contributed by atoms with E-state index in [1.807, 2.05) is 19.1 Å². The molecule has 2 saturated heterocycles. The summed E-state index contributed by atoms with van der Waals surface area (Å²) in [5, 5.41) is 24.4. The molecule has 0 aliphatic carbocycles. The number of benzene rings is 2. The third kappa shape index (κ3) is 4.50. The number of aryl methyl sites for hydroxylation is 1. The van der Waals surface area contributed by atoms with Crippen LogP contribution in [0.5, 0.6) is 0 Å². The Hall–Kier alpha value is -3.96. The lowest BCUT2D eigenvalue weighted by molar-refractivity contribution is 0.135. The van der Waals surface area contributed by atoms with Crippen molar-refractivity contribution in [2.45, 2.75) is 57.2 Å². The molecule has 3 N–H and O–H groups in total. The van der Waals surface area contributed by atoms with Crippen molar-refractivity contribution in [1.29, 1.82) is 5.26 Å². The average molecular weight is 479 g/mol. The summed E-state index contributed by atoms with van der Waals surface area (Å²) in [5.74, 6) is 2.11. The Labute approximate surface area is 210 Å². The molecule has 0 radical (unpaired) electrons. The molecule has 2 fully saturated rings. The number of rotatable bonds is 7. The van der Waals surface area contributed by atoms with Crippen molar-refractivity contribution >= 4 is 28.5 Å². The average Bonchev–Trinajstić information content (AvgIpc) is 3.41. The van der Waals surface area contributed by atoms with Crippen LogP contribution in [0.3, 0.4) is 0 Å². The highest BCUT2D eigenvalue weighted by Crippen LogP contribution is 2.37. The van der Waals surface area contributed by atoms with E-state index >= 15 is 0 Å². The molecule has 0 amide bonds. The van der Waals surface area contributed by atoms with Crippen molar-refractivity contribution in [1.82, 2.24) is 25.1 Å². The van der Waals surface area contributed by atoms with Gasteiger partial charge in [-0.15, -0.1) is 0 Å². The first kappa shape index (κ1) is 22.5. The number of nitriles is 1. The maximum Gasteiger partial charge on any atom is 0.225 e. The van der Waals surface area contributed by atoms with Gasteiger partial charge in [0.05, 0.1) is 11.6 Å². The summed E-state index contributed by atoms with van der Waals surface area (Å²) in [6.45, 7) is 2.86. The number of aromatic amines is 1. The summed E-state index contributed by atoms with van der Waals surface area (Å²) >= 11 is 0. The Bertz CT molecular complexity index is 1390. The third-order valence-electron chi connectivity index (χ3n) is 7.46. The van der Waals surface area contributed by atoms with Gasteiger partial charge in [0.2, 0.25) is 5.95 Å². The number of hydrogen-bond acceptors (Lipinski definition) is 7. The van der Waals surface area contributed by atoms with Crippen molar-refractivity contribution in [2.24, 2.45) is 0 Å². The molecule has 2 bridgehead atoms. The number of nitrogens with one attached hydrogen (secondary N) is 3. The molecule has 0 spiro atoms. The molecule has 2 aliphatic heterocycles. The normalized spacial score (nSPS) is 21.4. The van der Waals surface area contributed by atoms with Crippen molar-refractivity contribution in [3.8, 4) is 17.2 Å². The standard InChI is InChI=1S/C28H30N8/c1-18-14-26(35-34-18)32-27-24-11-8-20(19-6-3-2-4-7-19)15-25(24)31-28(33-27)30-21-16-22-9-10-23(17-21)36(22)13-5-12-29/h2-4,6-8,11,14-15,21-23H,5,9-10,13,16-17H2,1H3,(H3,30,31,32,33,34,35)/t21-,22-,23+. The first-order valence-electron chi connectivity index (χ1n) is 12.7. The quantitative estimate of drug-likeness (QED) is 0.327. The number of nitrogens with zero attached hydrogens (tertiary/aromatic N) is 5. The van der Waals surface area contributed by atoms with Crippen LogP contribution in [-0.4, -0.2) is 49.7 Å². The zero-order chi connectivity index (χ0) is 24.5. The highest BCUT2D eigenvalue weighted by atomic mass is 15.3. The van der Waals surface area contributed by atoms with E-state index in [1.165, 1.54) is 12.8 Å². The summed E-state index contributed by atoms with van der Waals surface area (Å²) in [6.07, 6.45) is 5.12. The predicted molar refractivity (Wildman–Crippen MR) is 142 cm³/mol. The Morgan fingerprint density at radius 3 is 2.56 bits per heavy atom. The Kier molecular flexibility index (Phi) is 5.99. The number of piperidine rings is 1. The van der Waals surface area contributed by atoms with Crippen molar-refractivity contribution in [3.63, 3.8) is 0 Å². The molecule has 2 aromatic carbocycles. The summed E-state index contributed by atoms with van der Waals surface area (Å²) in [4.78, 5) is 12.4. The maximum absolute atomic E-state index is 9.03. The topological polar surface area (TPSA) is 106 Å². The lowest BCUT2D eigenvalue weighted by Crippen LogP contribution is -2.47. The van der Waals surface area contributed by atoms with Crippen LogP contribution < -0.4 is 10.6 Å². The molecule has 0 unspecified atom stereocenters. The number of anilines is 3. The number of H-pyrrole nitrogens is 1. The first-order valence-corrected chi connectivity index (χ1v) is 12.7. The molecule has 3 atom stereocenters. The number of hydrogen-bond donors (Lipinski definition) is 3. The zero-order valence-corrected chi connectivity index (χ0v) is 20.4. The van der Waals surface area contributed by atoms with Crippen LogP contribution in [0, 0.1) is 18.3 Å². The van der Waals surface area contributed by atoms with Gasteiger partial charge in [0.15, 0.2) is 5.82 Å². The van der Waals surface area contributed by atoms with Crippen molar-refractivity contribution < 1.29 is 0 Å². The fourth-order valence-electron chi connectivity index (χ4n) is 5.82. The van der Waals surface area contributed by atoms with Gasteiger partial charge in [0.25, 0.3) is 0 Å². The summed E-state index contributed by atoms with van der Waals surface area (Å²) < 4.78 is 0. The molecule has 0 saturated carbocycles. The van der Waals surface area contributed by atoms with Crippen LogP contribution >= 0.6 is 0 Å². The monoisotopic (exact) mass is 478 g/mol. The molecule has 36 heavy (non-hydrogen) atoms. The molecule has 2 aliphatic rings. The first-order chi connectivity index (χ1) is 17.7.